The van der Waals surface area contributed by atoms with Gasteiger partial charge in [0.25, 0.3) is 5.91 Å². The summed E-state index contributed by atoms with van der Waals surface area (Å²) in [6, 6.07) is 14.8. The van der Waals surface area contributed by atoms with Crippen LogP contribution in [0.15, 0.2) is 53.4 Å². The first-order chi connectivity index (χ1) is 15.4. The maximum absolute atomic E-state index is 13.4. The van der Waals surface area contributed by atoms with E-state index in [1.54, 1.807) is 21.3 Å². The summed E-state index contributed by atoms with van der Waals surface area (Å²) in [5.41, 5.74) is 1.52. The summed E-state index contributed by atoms with van der Waals surface area (Å²) >= 11 is 0. The molecule has 8 heteroatoms. The third kappa shape index (κ3) is 4.47. The summed E-state index contributed by atoms with van der Waals surface area (Å²) < 4.78 is 33.8. The van der Waals surface area contributed by atoms with Gasteiger partial charge in [0.15, 0.2) is 0 Å². The normalized spacial score (nSPS) is 20.2. The van der Waals surface area contributed by atoms with E-state index in [4.69, 9.17) is 4.74 Å². The van der Waals surface area contributed by atoms with Crippen molar-refractivity contribution in [3.8, 4) is 5.75 Å². The number of carbonyl (C=O) groups excluding carboxylic acids is 1. The predicted octanol–water partition coefficient (Wildman–Crippen LogP) is 3.22. The van der Waals surface area contributed by atoms with Crippen LogP contribution in [0.1, 0.15) is 36.5 Å². The minimum absolute atomic E-state index is 0.0659. The van der Waals surface area contributed by atoms with Crippen LogP contribution in [0.5, 0.6) is 5.75 Å². The lowest BCUT2D eigenvalue weighted by atomic mass is 10.1. The van der Waals surface area contributed by atoms with E-state index in [-0.39, 0.29) is 22.6 Å². The van der Waals surface area contributed by atoms with Crippen LogP contribution in [0.4, 0.5) is 5.69 Å². The summed E-state index contributed by atoms with van der Waals surface area (Å²) in [5, 5.41) is 0. The second kappa shape index (κ2) is 9.50. The largest absolute Gasteiger partial charge is 0.495 e. The maximum Gasteiger partial charge on any atom is 0.254 e. The molecule has 2 saturated heterocycles. The molecule has 1 amide bonds. The molecule has 2 aromatic rings. The van der Waals surface area contributed by atoms with Crippen molar-refractivity contribution in [3.05, 3.63) is 54.1 Å². The minimum Gasteiger partial charge on any atom is -0.495 e. The van der Waals surface area contributed by atoms with E-state index in [9.17, 15) is 13.2 Å². The molecule has 0 N–H and O–H groups in total. The molecule has 2 aromatic carbocycles. The van der Waals surface area contributed by atoms with Crippen molar-refractivity contribution in [1.29, 1.82) is 0 Å². The zero-order chi connectivity index (χ0) is 22.7. The van der Waals surface area contributed by atoms with Crippen molar-refractivity contribution >= 4 is 21.6 Å². The van der Waals surface area contributed by atoms with E-state index in [1.807, 2.05) is 25.1 Å². The van der Waals surface area contributed by atoms with Gasteiger partial charge in [-0.05, 0) is 50.1 Å². The van der Waals surface area contributed by atoms with Crippen molar-refractivity contribution in [2.24, 2.45) is 0 Å². The SMILES string of the molecule is COc1ccc(C(=O)N2CCN(c3ccccc3)CC2)cc1S(=O)(=O)N1CCCC[C@@H]1C. The topological polar surface area (TPSA) is 70.2 Å². The molecule has 2 aliphatic heterocycles. The molecule has 7 nitrogen and oxygen atoms in total. The predicted molar refractivity (Wildman–Crippen MR) is 125 cm³/mol. The highest BCUT2D eigenvalue weighted by Gasteiger charge is 2.34. The molecule has 172 valence electrons. The van der Waals surface area contributed by atoms with Gasteiger partial charge < -0.3 is 14.5 Å². The van der Waals surface area contributed by atoms with Gasteiger partial charge in [0.1, 0.15) is 10.6 Å². The number of piperidine rings is 1. The van der Waals surface area contributed by atoms with Gasteiger partial charge in [0.05, 0.1) is 7.11 Å². The smallest absolute Gasteiger partial charge is 0.254 e. The fraction of sp³-hybridized carbons (Fsp3) is 0.458. The van der Waals surface area contributed by atoms with Crippen LogP contribution < -0.4 is 9.64 Å². The Morgan fingerprint density at radius 2 is 1.69 bits per heavy atom. The van der Waals surface area contributed by atoms with Gasteiger partial charge in [-0.3, -0.25) is 4.79 Å². The van der Waals surface area contributed by atoms with Crippen LogP contribution in [0.2, 0.25) is 0 Å². The number of carbonyl (C=O) groups is 1. The van der Waals surface area contributed by atoms with Crippen LogP contribution in [0.3, 0.4) is 0 Å². The highest BCUT2D eigenvalue weighted by atomic mass is 32.2. The molecular formula is C24H31N3O4S. The molecule has 0 saturated carbocycles. The van der Waals surface area contributed by atoms with Crippen molar-refractivity contribution in [3.63, 3.8) is 0 Å². The molecule has 0 radical (unpaired) electrons. The van der Waals surface area contributed by atoms with Crippen molar-refractivity contribution in [2.75, 3.05) is 44.7 Å². The molecule has 0 spiro atoms. The number of benzene rings is 2. The van der Waals surface area contributed by atoms with Crippen LogP contribution in [0, 0.1) is 0 Å². The summed E-state index contributed by atoms with van der Waals surface area (Å²) in [6.45, 7) is 5.08. The molecule has 4 rings (SSSR count). The second-order valence-corrected chi connectivity index (χ2v) is 10.3. The number of hydrogen-bond donors (Lipinski definition) is 0. The van der Waals surface area contributed by atoms with Crippen LogP contribution in [-0.4, -0.2) is 69.4 Å². The van der Waals surface area contributed by atoms with Gasteiger partial charge in [-0.25, -0.2) is 8.42 Å². The summed E-state index contributed by atoms with van der Waals surface area (Å²) in [5.74, 6) is 0.122. The van der Waals surface area contributed by atoms with Crippen LogP contribution in [0.25, 0.3) is 0 Å². The molecule has 0 unspecified atom stereocenters. The summed E-state index contributed by atoms with van der Waals surface area (Å²) in [4.78, 5) is 17.3. The molecule has 2 fully saturated rings. The quantitative estimate of drug-likeness (QED) is 0.690. The third-order valence-corrected chi connectivity index (χ3v) is 8.46. The number of ether oxygens (including phenoxy) is 1. The highest BCUT2D eigenvalue weighted by molar-refractivity contribution is 7.89. The van der Waals surface area contributed by atoms with Gasteiger partial charge >= 0.3 is 0 Å². The minimum atomic E-state index is -3.76. The van der Waals surface area contributed by atoms with Crippen LogP contribution >= 0.6 is 0 Å². The molecule has 32 heavy (non-hydrogen) atoms. The van der Waals surface area contributed by atoms with Gasteiger partial charge in [-0.15, -0.1) is 0 Å². The molecular weight excluding hydrogens is 426 g/mol. The average Bonchev–Trinajstić information content (AvgIpc) is 2.84. The molecule has 2 heterocycles. The Labute approximate surface area is 190 Å². The van der Waals surface area contributed by atoms with E-state index in [1.165, 1.54) is 13.2 Å². The van der Waals surface area contributed by atoms with Crippen molar-refractivity contribution < 1.29 is 17.9 Å². The molecule has 0 bridgehead atoms. The molecule has 0 aliphatic carbocycles. The van der Waals surface area contributed by atoms with E-state index in [0.717, 1.165) is 38.0 Å². The fourth-order valence-corrected chi connectivity index (χ4v) is 6.44. The Morgan fingerprint density at radius 3 is 2.34 bits per heavy atom. The standard InChI is InChI=1S/C24H31N3O4S/c1-19-8-6-7-13-27(19)32(29,30)23-18-20(11-12-22(23)31-2)24(28)26-16-14-25(15-17-26)21-9-4-3-5-10-21/h3-5,9-12,18-19H,6-8,13-17H2,1-2H3/t19-/m0/s1. The first kappa shape index (κ1) is 22.6. The van der Waals surface area contributed by atoms with Gasteiger partial charge in [-0.2, -0.15) is 4.31 Å². The van der Waals surface area contributed by atoms with Gasteiger partial charge in [-0.1, -0.05) is 24.6 Å². The van der Waals surface area contributed by atoms with Gasteiger partial charge in [0.2, 0.25) is 10.0 Å². The number of nitrogens with zero attached hydrogens (tertiary/aromatic N) is 3. The number of methoxy groups -OCH3 is 1. The Hall–Kier alpha value is -2.58. The van der Waals surface area contributed by atoms with E-state index >= 15 is 0 Å². The zero-order valence-corrected chi connectivity index (χ0v) is 19.6. The summed E-state index contributed by atoms with van der Waals surface area (Å²) in [6.07, 6.45) is 2.71. The average molecular weight is 458 g/mol. The summed E-state index contributed by atoms with van der Waals surface area (Å²) in [7, 11) is -2.30. The highest BCUT2D eigenvalue weighted by Crippen LogP contribution is 2.32. The number of hydrogen-bond acceptors (Lipinski definition) is 5. The lowest BCUT2D eigenvalue weighted by molar-refractivity contribution is 0.0746. The number of rotatable bonds is 5. The number of anilines is 1. The fourth-order valence-electron chi connectivity index (χ4n) is 4.56. The number of para-hydroxylation sites is 1. The Bertz CT molecular complexity index is 1050. The maximum atomic E-state index is 13.4. The Balaban J connectivity index is 1.54. The van der Waals surface area contributed by atoms with Crippen LogP contribution in [-0.2, 0) is 10.0 Å². The van der Waals surface area contributed by atoms with Gasteiger partial charge in [0, 0.05) is 50.0 Å². The van der Waals surface area contributed by atoms with Crippen molar-refractivity contribution in [1.82, 2.24) is 9.21 Å². The number of amides is 1. The lowest BCUT2D eigenvalue weighted by Gasteiger charge is -2.36. The van der Waals surface area contributed by atoms with E-state index in [2.05, 4.69) is 17.0 Å². The first-order valence-electron chi connectivity index (χ1n) is 11.2. The molecule has 0 aromatic heterocycles. The first-order valence-corrected chi connectivity index (χ1v) is 12.6. The van der Waals surface area contributed by atoms with E-state index in [0.29, 0.717) is 25.2 Å². The second-order valence-electron chi connectivity index (χ2n) is 8.44. The molecule has 2 aliphatic rings. The Morgan fingerprint density at radius 1 is 0.969 bits per heavy atom. The number of sulfonamides is 1. The van der Waals surface area contributed by atoms with E-state index < -0.39 is 10.0 Å². The zero-order valence-electron chi connectivity index (χ0n) is 18.7. The monoisotopic (exact) mass is 457 g/mol. The van der Waals surface area contributed by atoms with Crippen molar-refractivity contribution in [2.45, 2.75) is 37.1 Å². The number of piperazine rings is 1. The molecule has 1 atom stereocenters. The lowest BCUT2D eigenvalue weighted by Crippen LogP contribution is -2.48. The third-order valence-electron chi connectivity index (χ3n) is 6.43. The Kier molecular flexibility index (Phi) is 6.71.